The van der Waals surface area contributed by atoms with Crippen molar-refractivity contribution in [1.29, 1.82) is 0 Å². The van der Waals surface area contributed by atoms with E-state index in [0.717, 1.165) is 29.8 Å². The van der Waals surface area contributed by atoms with Crippen LogP contribution in [0.1, 0.15) is 0 Å². The second-order valence-electron chi connectivity index (χ2n) is 7.07. The average Bonchev–Trinajstić information content (AvgIpc) is 2.81. The quantitative estimate of drug-likeness (QED) is 0.565. The summed E-state index contributed by atoms with van der Waals surface area (Å²) in [6.07, 6.45) is 1.67. The van der Waals surface area contributed by atoms with Crippen LogP contribution in [0.2, 0.25) is 0 Å². The van der Waals surface area contributed by atoms with Gasteiger partial charge in [-0.2, -0.15) is 0 Å². The number of nitrogens with zero attached hydrogens (tertiary/aromatic N) is 3. The SMILES string of the molecule is C=CCOc1ccccc1OCC(=O)N1CCN(c2ccc3ccccc3n2)CC1. The summed E-state index contributed by atoms with van der Waals surface area (Å²) < 4.78 is 11.3. The fraction of sp³-hybridized carbons (Fsp3) is 0.250. The number of anilines is 1. The van der Waals surface area contributed by atoms with Crippen LogP contribution in [0.4, 0.5) is 5.82 Å². The van der Waals surface area contributed by atoms with Crippen LogP contribution in [-0.4, -0.2) is 55.2 Å². The Balaban J connectivity index is 1.31. The molecule has 1 aliphatic heterocycles. The van der Waals surface area contributed by atoms with Gasteiger partial charge in [0, 0.05) is 31.6 Å². The van der Waals surface area contributed by atoms with Crippen molar-refractivity contribution in [2.75, 3.05) is 44.3 Å². The van der Waals surface area contributed by atoms with E-state index in [2.05, 4.69) is 23.6 Å². The predicted molar refractivity (Wildman–Crippen MR) is 118 cm³/mol. The Morgan fingerprint density at radius 3 is 2.40 bits per heavy atom. The average molecular weight is 403 g/mol. The van der Waals surface area contributed by atoms with E-state index in [0.29, 0.717) is 31.2 Å². The van der Waals surface area contributed by atoms with Crippen LogP contribution in [0.3, 0.4) is 0 Å². The Morgan fingerprint density at radius 1 is 0.933 bits per heavy atom. The predicted octanol–water partition coefficient (Wildman–Crippen LogP) is 3.53. The lowest BCUT2D eigenvalue weighted by Crippen LogP contribution is -2.50. The maximum atomic E-state index is 12.6. The number of amides is 1. The molecule has 0 spiro atoms. The fourth-order valence-electron chi connectivity index (χ4n) is 3.48. The maximum Gasteiger partial charge on any atom is 0.260 e. The zero-order chi connectivity index (χ0) is 20.8. The number of benzene rings is 2. The maximum absolute atomic E-state index is 12.6. The van der Waals surface area contributed by atoms with Gasteiger partial charge < -0.3 is 19.3 Å². The van der Waals surface area contributed by atoms with Crippen LogP contribution < -0.4 is 14.4 Å². The van der Waals surface area contributed by atoms with Gasteiger partial charge >= 0.3 is 0 Å². The summed E-state index contributed by atoms with van der Waals surface area (Å²) in [6.45, 7) is 6.81. The van der Waals surface area contributed by atoms with Crippen molar-refractivity contribution in [1.82, 2.24) is 9.88 Å². The number of pyridine rings is 1. The highest BCUT2D eigenvalue weighted by Crippen LogP contribution is 2.26. The number of hydrogen-bond acceptors (Lipinski definition) is 5. The van der Waals surface area contributed by atoms with Crippen molar-refractivity contribution in [3.8, 4) is 11.5 Å². The molecule has 1 fully saturated rings. The van der Waals surface area contributed by atoms with E-state index in [1.807, 2.05) is 47.4 Å². The largest absolute Gasteiger partial charge is 0.486 e. The molecule has 0 radical (unpaired) electrons. The molecule has 2 heterocycles. The van der Waals surface area contributed by atoms with Gasteiger partial charge in [0.1, 0.15) is 12.4 Å². The summed E-state index contributed by atoms with van der Waals surface area (Å²) in [4.78, 5) is 21.4. The Hall–Kier alpha value is -3.54. The number of hydrogen-bond donors (Lipinski definition) is 0. The van der Waals surface area contributed by atoms with Gasteiger partial charge in [0.2, 0.25) is 0 Å². The van der Waals surface area contributed by atoms with E-state index in [9.17, 15) is 4.79 Å². The highest BCUT2D eigenvalue weighted by Gasteiger charge is 2.22. The third-order valence-corrected chi connectivity index (χ3v) is 5.10. The van der Waals surface area contributed by atoms with E-state index >= 15 is 0 Å². The summed E-state index contributed by atoms with van der Waals surface area (Å²) in [5, 5.41) is 1.13. The number of ether oxygens (including phenoxy) is 2. The topological polar surface area (TPSA) is 54.9 Å². The molecule has 0 N–H and O–H groups in total. The van der Waals surface area contributed by atoms with Gasteiger partial charge in [-0.25, -0.2) is 4.98 Å². The Bertz CT molecular complexity index is 1030. The molecule has 0 saturated carbocycles. The molecule has 154 valence electrons. The van der Waals surface area contributed by atoms with Gasteiger partial charge in [-0.3, -0.25) is 4.79 Å². The van der Waals surface area contributed by atoms with Crippen LogP contribution in [0, 0.1) is 0 Å². The molecular formula is C24H25N3O3. The first-order valence-electron chi connectivity index (χ1n) is 10.1. The molecule has 0 unspecified atom stereocenters. The van der Waals surface area contributed by atoms with Crippen molar-refractivity contribution in [2.24, 2.45) is 0 Å². The van der Waals surface area contributed by atoms with Crippen molar-refractivity contribution in [2.45, 2.75) is 0 Å². The molecule has 4 rings (SSSR count). The molecule has 1 aliphatic rings. The third kappa shape index (κ3) is 4.54. The molecular weight excluding hydrogens is 378 g/mol. The molecule has 0 bridgehead atoms. The molecule has 0 aliphatic carbocycles. The standard InChI is InChI=1S/C24H25N3O3/c1-2-17-29-21-9-5-6-10-22(21)30-18-24(28)27-15-13-26(14-16-27)23-12-11-19-7-3-4-8-20(19)25-23/h2-12H,1,13-18H2. The first-order chi connectivity index (χ1) is 14.7. The van der Waals surface area contributed by atoms with Crippen LogP contribution in [0.5, 0.6) is 11.5 Å². The minimum Gasteiger partial charge on any atom is -0.486 e. The van der Waals surface area contributed by atoms with Crippen molar-refractivity contribution in [3.05, 3.63) is 73.3 Å². The zero-order valence-corrected chi connectivity index (χ0v) is 16.9. The second-order valence-corrected chi connectivity index (χ2v) is 7.07. The Kier molecular flexibility index (Phi) is 6.13. The number of para-hydroxylation sites is 3. The number of rotatable bonds is 7. The van der Waals surface area contributed by atoms with Crippen LogP contribution >= 0.6 is 0 Å². The molecule has 30 heavy (non-hydrogen) atoms. The minimum absolute atomic E-state index is 0.0112. The highest BCUT2D eigenvalue weighted by molar-refractivity contribution is 5.80. The fourth-order valence-corrected chi connectivity index (χ4v) is 3.48. The number of carbonyl (C=O) groups excluding carboxylic acids is 1. The van der Waals surface area contributed by atoms with Gasteiger partial charge in [-0.05, 0) is 30.3 Å². The third-order valence-electron chi connectivity index (χ3n) is 5.10. The number of aromatic nitrogens is 1. The molecule has 1 amide bonds. The van der Waals surface area contributed by atoms with Gasteiger partial charge in [0.15, 0.2) is 18.1 Å². The van der Waals surface area contributed by atoms with E-state index in [4.69, 9.17) is 14.5 Å². The summed E-state index contributed by atoms with van der Waals surface area (Å²) in [5.74, 6) is 2.09. The molecule has 0 atom stereocenters. The van der Waals surface area contributed by atoms with Crippen molar-refractivity contribution in [3.63, 3.8) is 0 Å². The van der Waals surface area contributed by atoms with Crippen LogP contribution in [0.25, 0.3) is 10.9 Å². The van der Waals surface area contributed by atoms with Gasteiger partial charge in [-0.15, -0.1) is 0 Å². The minimum atomic E-state index is -0.0281. The molecule has 2 aromatic carbocycles. The summed E-state index contributed by atoms with van der Waals surface area (Å²) in [6, 6.07) is 19.6. The van der Waals surface area contributed by atoms with Crippen LogP contribution in [0.15, 0.2) is 73.3 Å². The Labute approximate surface area is 176 Å². The van der Waals surface area contributed by atoms with E-state index < -0.39 is 0 Å². The number of fused-ring (bicyclic) bond motifs is 1. The lowest BCUT2D eigenvalue weighted by Gasteiger charge is -2.35. The Morgan fingerprint density at radius 2 is 1.63 bits per heavy atom. The van der Waals surface area contributed by atoms with Gasteiger partial charge in [0.05, 0.1) is 5.52 Å². The lowest BCUT2D eigenvalue weighted by atomic mass is 10.2. The van der Waals surface area contributed by atoms with Gasteiger partial charge in [0.25, 0.3) is 5.91 Å². The first kappa shape index (κ1) is 19.8. The molecule has 6 nitrogen and oxygen atoms in total. The summed E-state index contributed by atoms with van der Waals surface area (Å²) in [5.41, 5.74) is 0.985. The smallest absolute Gasteiger partial charge is 0.260 e. The monoisotopic (exact) mass is 403 g/mol. The van der Waals surface area contributed by atoms with E-state index in [1.54, 1.807) is 12.1 Å². The number of carbonyl (C=O) groups is 1. The molecule has 1 saturated heterocycles. The molecule has 6 heteroatoms. The van der Waals surface area contributed by atoms with E-state index in [1.165, 1.54) is 0 Å². The molecule has 3 aromatic rings. The zero-order valence-electron chi connectivity index (χ0n) is 16.9. The van der Waals surface area contributed by atoms with E-state index in [-0.39, 0.29) is 12.5 Å². The van der Waals surface area contributed by atoms with Crippen molar-refractivity contribution < 1.29 is 14.3 Å². The summed E-state index contributed by atoms with van der Waals surface area (Å²) in [7, 11) is 0. The summed E-state index contributed by atoms with van der Waals surface area (Å²) >= 11 is 0. The lowest BCUT2D eigenvalue weighted by molar-refractivity contribution is -0.133. The normalized spacial score (nSPS) is 13.9. The molecule has 1 aromatic heterocycles. The van der Waals surface area contributed by atoms with Crippen molar-refractivity contribution >= 4 is 22.6 Å². The highest BCUT2D eigenvalue weighted by atomic mass is 16.5. The van der Waals surface area contributed by atoms with Gasteiger partial charge in [-0.1, -0.05) is 43.0 Å². The second kappa shape index (κ2) is 9.31. The number of piperazine rings is 1. The van der Waals surface area contributed by atoms with Crippen LogP contribution in [-0.2, 0) is 4.79 Å². The first-order valence-corrected chi connectivity index (χ1v) is 10.1.